The predicted octanol–water partition coefficient (Wildman–Crippen LogP) is 10.00. The second kappa shape index (κ2) is 14.9. The van der Waals surface area contributed by atoms with Crippen molar-refractivity contribution in [3.8, 4) is 16.9 Å². The highest BCUT2D eigenvalue weighted by Gasteiger charge is 2.40. The molecule has 0 radical (unpaired) electrons. The second-order valence-corrected chi connectivity index (χ2v) is 14.6. The van der Waals surface area contributed by atoms with Gasteiger partial charge in [0.1, 0.15) is 11.4 Å². The lowest BCUT2D eigenvalue weighted by Crippen LogP contribution is -2.41. The summed E-state index contributed by atoms with van der Waals surface area (Å²) in [7, 11) is -3.16. The topological polar surface area (TPSA) is 82.1 Å². The Labute approximate surface area is 289 Å². The largest absolute Gasteiger partial charge is 0.496 e. The zero-order valence-electron chi connectivity index (χ0n) is 28.5. The molecule has 0 N–H and O–H groups in total. The van der Waals surface area contributed by atoms with Gasteiger partial charge in [0, 0.05) is 5.56 Å². The highest BCUT2D eigenvalue weighted by atomic mass is 32.2. The van der Waals surface area contributed by atoms with E-state index in [1.54, 1.807) is 18.2 Å². The molecule has 0 aliphatic rings. The first-order valence-electron chi connectivity index (χ1n) is 15.1. The van der Waals surface area contributed by atoms with Crippen LogP contribution in [0.4, 0.5) is 44.3 Å². The number of hydrogen-bond acceptors (Lipinski definition) is 6. The van der Waals surface area contributed by atoms with Gasteiger partial charge < -0.3 is 9.47 Å². The number of hydrogen-bond donors (Lipinski definition) is 0. The van der Waals surface area contributed by atoms with Crippen LogP contribution in [0.1, 0.15) is 80.0 Å². The first kappa shape index (κ1) is 41.4. The van der Waals surface area contributed by atoms with E-state index < -0.39 is 81.8 Å². The summed E-state index contributed by atoms with van der Waals surface area (Å²) in [5.41, 5.74) is -6.30. The van der Waals surface area contributed by atoms with Gasteiger partial charge in [-0.05, 0) is 91.4 Å². The summed E-state index contributed by atoms with van der Waals surface area (Å²) >= 11 is 0. The Morgan fingerprint density at radius 2 is 1.29 bits per heavy atom. The number of alkyl halides is 9. The number of rotatable bonds is 10. The SMILES string of the molecule is COc1ccc(C(C)C)cc1-c1ccc(C(F)(F)F)cc1CN(C(=O)OC(C)(C)C)C(COS(C)(=O)=O)c1cc(C(F)(F)F)cc(C(F)(F)F)c1. The monoisotopic (exact) mass is 757 g/mol. The van der Waals surface area contributed by atoms with Crippen LogP contribution in [0.3, 0.4) is 0 Å². The molecule has 51 heavy (non-hydrogen) atoms. The molecule has 0 heterocycles. The molecule has 0 saturated carbocycles. The molecular weight excluding hydrogens is 721 g/mol. The van der Waals surface area contributed by atoms with E-state index in [2.05, 4.69) is 0 Å². The van der Waals surface area contributed by atoms with Gasteiger partial charge in [0.25, 0.3) is 10.1 Å². The molecule has 1 atom stereocenters. The molecular formula is C34H36F9NO6S. The molecule has 0 fully saturated rings. The average molecular weight is 758 g/mol. The maximum atomic E-state index is 14.1. The van der Waals surface area contributed by atoms with Crippen molar-refractivity contribution >= 4 is 16.2 Å². The molecule has 0 saturated heterocycles. The zero-order valence-corrected chi connectivity index (χ0v) is 29.3. The molecule has 282 valence electrons. The highest BCUT2D eigenvalue weighted by Crippen LogP contribution is 2.42. The lowest BCUT2D eigenvalue weighted by Gasteiger charge is -2.35. The van der Waals surface area contributed by atoms with Crippen molar-refractivity contribution in [3.63, 3.8) is 0 Å². The van der Waals surface area contributed by atoms with E-state index in [1.807, 2.05) is 13.8 Å². The van der Waals surface area contributed by atoms with Crippen molar-refractivity contribution in [2.24, 2.45) is 0 Å². The molecule has 7 nitrogen and oxygen atoms in total. The van der Waals surface area contributed by atoms with Gasteiger partial charge in [0.05, 0.1) is 49.2 Å². The first-order valence-corrected chi connectivity index (χ1v) is 16.9. The molecule has 1 amide bonds. The smallest absolute Gasteiger partial charge is 0.416 e. The number of ether oxygens (including phenoxy) is 2. The number of benzene rings is 3. The van der Waals surface area contributed by atoms with Crippen molar-refractivity contribution < 1.29 is 66.4 Å². The normalized spacial score (nSPS) is 13.7. The van der Waals surface area contributed by atoms with Gasteiger partial charge in [0.15, 0.2) is 0 Å². The number of carbonyl (C=O) groups excluding carboxylic acids is 1. The Morgan fingerprint density at radius 1 is 0.745 bits per heavy atom. The van der Waals surface area contributed by atoms with Gasteiger partial charge in [-0.15, -0.1) is 0 Å². The minimum absolute atomic E-state index is 0.0544. The Bertz CT molecular complexity index is 1800. The minimum atomic E-state index is -5.35. The van der Waals surface area contributed by atoms with Gasteiger partial charge in [-0.25, -0.2) is 4.79 Å². The van der Waals surface area contributed by atoms with Gasteiger partial charge in [0.2, 0.25) is 0 Å². The van der Waals surface area contributed by atoms with E-state index in [1.165, 1.54) is 27.9 Å². The number of methoxy groups -OCH3 is 1. The van der Waals surface area contributed by atoms with Crippen LogP contribution in [0.5, 0.6) is 5.75 Å². The highest BCUT2D eigenvalue weighted by molar-refractivity contribution is 7.85. The van der Waals surface area contributed by atoms with Gasteiger partial charge in [-0.3, -0.25) is 9.08 Å². The van der Waals surface area contributed by atoms with Crippen LogP contribution in [0.15, 0.2) is 54.6 Å². The predicted molar refractivity (Wildman–Crippen MR) is 169 cm³/mol. The molecule has 1 unspecified atom stereocenters. The van der Waals surface area contributed by atoms with Gasteiger partial charge >= 0.3 is 24.6 Å². The van der Waals surface area contributed by atoms with Crippen LogP contribution in [0.25, 0.3) is 11.1 Å². The molecule has 0 aromatic heterocycles. The number of nitrogens with zero attached hydrogens (tertiary/aromatic N) is 1. The quantitative estimate of drug-likeness (QED) is 0.151. The van der Waals surface area contributed by atoms with E-state index in [4.69, 9.17) is 13.7 Å². The fourth-order valence-corrected chi connectivity index (χ4v) is 5.37. The standard InChI is InChI=1S/C34H36F9NO6S/c1-19(2)20-8-11-29(48-6)27(15-20)26-10-9-23(32(35,36)37)14-22(26)17-44(30(45)50-31(3,4)5)28(18-49-51(7,46)47)21-12-24(33(38,39)40)16-25(13-21)34(41,42)43/h8-16,19,28H,17-18H2,1-7H3. The van der Waals surface area contributed by atoms with Crippen molar-refractivity contribution in [2.75, 3.05) is 20.0 Å². The second-order valence-electron chi connectivity index (χ2n) is 12.9. The lowest BCUT2D eigenvalue weighted by atomic mass is 9.92. The molecule has 3 rings (SSSR count). The fraction of sp³-hybridized carbons (Fsp3) is 0.441. The summed E-state index contributed by atoms with van der Waals surface area (Å²) < 4.78 is 166. The van der Waals surface area contributed by atoms with Crippen LogP contribution in [-0.4, -0.2) is 45.0 Å². The molecule has 17 heteroatoms. The summed E-state index contributed by atoms with van der Waals surface area (Å²) in [5.74, 6) is 0.112. The van der Waals surface area contributed by atoms with E-state index in [0.29, 0.717) is 17.2 Å². The number of amides is 1. The number of halogens is 9. The maximum absolute atomic E-state index is 14.1. The lowest BCUT2D eigenvalue weighted by molar-refractivity contribution is -0.143. The summed E-state index contributed by atoms with van der Waals surface area (Å²) in [4.78, 5) is 14.4. The van der Waals surface area contributed by atoms with Gasteiger partial charge in [-0.1, -0.05) is 26.0 Å². The summed E-state index contributed by atoms with van der Waals surface area (Å²) in [6, 6.07) is 5.67. The molecule has 3 aromatic carbocycles. The van der Waals surface area contributed by atoms with Crippen LogP contribution in [0, 0.1) is 0 Å². The molecule has 0 bridgehead atoms. The molecule has 3 aromatic rings. The van der Waals surface area contributed by atoms with E-state index in [9.17, 15) is 52.7 Å². The Balaban J connectivity index is 2.45. The van der Waals surface area contributed by atoms with Crippen LogP contribution in [0.2, 0.25) is 0 Å². The third-order valence-electron chi connectivity index (χ3n) is 7.39. The van der Waals surface area contributed by atoms with Crippen LogP contribution >= 0.6 is 0 Å². The Morgan fingerprint density at radius 3 is 1.75 bits per heavy atom. The van der Waals surface area contributed by atoms with Crippen molar-refractivity contribution in [1.82, 2.24) is 4.90 Å². The van der Waals surface area contributed by atoms with Crippen molar-refractivity contribution in [1.29, 1.82) is 0 Å². The van der Waals surface area contributed by atoms with Crippen LogP contribution in [-0.2, 0) is 44.1 Å². The maximum Gasteiger partial charge on any atom is 0.416 e. The van der Waals surface area contributed by atoms with E-state index in [0.717, 1.165) is 17.7 Å². The summed E-state index contributed by atoms with van der Waals surface area (Å²) in [6.07, 6.45) is -16.5. The van der Waals surface area contributed by atoms with Gasteiger partial charge in [-0.2, -0.15) is 47.9 Å². The first-order chi connectivity index (χ1) is 23.1. The molecule has 0 aliphatic carbocycles. The fourth-order valence-electron chi connectivity index (χ4n) is 4.99. The van der Waals surface area contributed by atoms with E-state index in [-0.39, 0.29) is 46.6 Å². The van der Waals surface area contributed by atoms with Crippen molar-refractivity contribution in [2.45, 2.75) is 77.3 Å². The van der Waals surface area contributed by atoms with Crippen molar-refractivity contribution in [3.05, 3.63) is 88.0 Å². The Kier molecular flexibility index (Phi) is 12.1. The number of carbonyl (C=O) groups is 1. The average Bonchev–Trinajstić information content (AvgIpc) is 2.97. The third-order valence-corrected chi connectivity index (χ3v) is 7.96. The molecule has 0 spiro atoms. The van der Waals surface area contributed by atoms with Crippen LogP contribution < -0.4 is 4.74 Å². The third kappa shape index (κ3) is 11.2. The van der Waals surface area contributed by atoms with E-state index >= 15 is 0 Å². The summed E-state index contributed by atoms with van der Waals surface area (Å²) in [6.45, 7) is 5.66. The molecule has 0 aliphatic heterocycles. The minimum Gasteiger partial charge on any atom is -0.496 e. The zero-order chi connectivity index (χ0) is 38.9. The summed E-state index contributed by atoms with van der Waals surface area (Å²) in [5, 5.41) is 0. The Hall–Kier alpha value is -3.99.